The Morgan fingerprint density at radius 3 is 2.39 bits per heavy atom. The molecule has 0 bridgehead atoms. The van der Waals surface area contributed by atoms with Crippen molar-refractivity contribution in [1.29, 1.82) is 0 Å². The number of nitrogens with zero attached hydrogens (tertiary/aromatic N) is 1. The third-order valence-corrected chi connectivity index (χ3v) is 3.23. The summed E-state index contributed by atoms with van der Waals surface area (Å²) in [6.07, 6.45) is 3.37. The van der Waals surface area contributed by atoms with Crippen molar-refractivity contribution < 1.29 is 0 Å². The first-order valence-electron chi connectivity index (χ1n) is 6.85. The summed E-state index contributed by atoms with van der Waals surface area (Å²) in [7, 11) is 0. The zero-order valence-corrected chi connectivity index (χ0v) is 12.1. The Kier molecular flexibility index (Phi) is 5.15. The largest absolute Gasteiger partial charge is 0.326 e. The van der Waals surface area contributed by atoms with E-state index in [0.717, 1.165) is 31.5 Å². The minimum absolute atomic E-state index is 0.0154. The van der Waals surface area contributed by atoms with Crippen LogP contribution >= 0.6 is 0 Å². The van der Waals surface area contributed by atoms with Crippen molar-refractivity contribution in [3.05, 3.63) is 33.7 Å². The number of nitrogens with two attached hydrogens (primary N) is 1. The molecule has 102 valence electrons. The van der Waals surface area contributed by atoms with E-state index < -0.39 is 0 Å². The maximum Gasteiger partial charge on any atom is 0.255 e. The summed E-state index contributed by atoms with van der Waals surface area (Å²) in [5, 5.41) is 0. The number of hydrogen-bond acceptors (Lipinski definition) is 2. The van der Waals surface area contributed by atoms with Gasteiger partial charge >= 0.3 is 0 Å². The number of pyridine rings is 1. The fraction of sp³-hybridized carbons (Fsp3) is 0.667. The van der Waals surface area contributed by atoms with E-state index in [1.807, 2.05) is 10.6 Å². The van der Waals surface area contributed by atoms with Gasteiger partial charge in [-0.25, -0.2) is 0 Å². The van der Waals surface area contributed by atoms with E-state index in [1.54, 1.807) is 0 Å². The van der Waals surface area contributed by atoms with E-state index in [9.17, 15) is 4.79 Å². The molecule has 0 saturated carbocycles. The molecule has 1 heterocycles. The van der Waals surface area contributed by atoms with Crippen LogP contribution in [0.3, 0.4) is 0 Å². The SMILES string of the molecule is CCCCCn1c(C(C)(C)C)ccc(CN)c1=O. The zero-order chi connectivity index (χ0) is 13.8. The fourth-order valence-electron chi connectivity index (χ4n) is 2.18. The number of rotatable bonds is 5. The molecule has 0 amide bonds. The zero-order valence-electron chi connectivity index (χ0n) is 12.1. The molecule has 3 nitrogen and oxygen atoms in total. The van der Waals surface area contributed by atoms with Crippen LogP contribution in [-0.4, -0.2) is 4.57 Å². The smallest absolute Gasteiger partial charge is 0.255 e. The van der Waals surface area contributed by atoms with Crippen LogP contribution in [0.5, 0.6) is 0 Å². The molecule has 0 aromatic carbocycles. The normalized spacial score (nSPS) is 11.8. The highest BCUT2D eigenvalue weighted by molar-refractivity contribution is 5.21. The summed E-state index contributed by atoms with van der Waals surface area (Å²) < 4.78 is 1.91. The highest BCUT2D eigenvalue weighted by atomic mass is 16.1. The maximum atomic E-state index is 12.3. The Bertz CT molecular complexity index is 441. The van der Waals surface area contributed by atoms with Gasteiger partial charge in [0.25, 0.3) is 5.56 Å². The molecule has 0 radical (unpaired) electrons. The first kappa shape index (κ1) is 15.0. The average Bonchev–Trinajstić information content (AvgIpc) is 2.29. The molecule has 0 spiro atoms. The van der Waals surface area contributed by atoms with Gasteiger partial charge in [0.1, 0.15) is 0 Å². The van der Waals surface area contributed by atoms with Gasteiger partial charge in [-0.1, -0.05) is 46.6 Å². The van der Waals surface area contributed by atoms with Gasteiger partial charge in [0.05, 0.1) is 0 Å². The lowest BCUT2D eigenvalue weighted by molar-refractivity contribution is 0.482. The molecule has 0 unspecified atom stereocenters. The van der Waals surface area contributed by atoms with Gasteiger partial charge in [-0.15, -0.1) is 0 Å². The molecule has 0 aliphatic carbocycles. The molecule has 18 heavy (non-hydrogen) atoms. The standard InChI is InChI=1S/C15H26N2O/c1-5-6-7-10-17-13(15(2,3)4)9-8-12(11-16)14(17)18/h8-9H,5-7,10-11,16H2,1-4H3. The number of unbranched alkanes of at least 4 members (excludes halogenated alkanes) is 2. The molecule has 0 fully saturated rings. The van der Waals surface area contributed by atoms with Gasteiger partial charge in [0, 0.05) is 29.8 Å². The van der Waals surface area contributed by atoms with Crippen LogP contribution in [0.2, 0.25) is 0 Å². The lowest BCUT2D eigenvalue weighted by Crippen LogP contribution is -2.32. The number of hydrogen-bond donors (Lipinski definition) is 1. The summed E-state index contributed by atoms with van der Waals surface area (Å²) >= 11 is 0. The van der Waals surface area contributed by atoms with Crippen LogP contribution in [0, 0.1) is 0 Å². The molecule has 0 atom stereocenters. The molecular formula is C15H26N2O. The highest BCUT2D eigenvalue weighted by Gasteiger charge is 2.19. The van der Waals surface area contributed by atoms with Crippen LogP contribution in [0.25, 0.3) is 0 Å². The van der Waals surface area contributed by atoms with Crippen molar-refractivity contribution in [2.45, 2.75) is 65.5 Å². The molecule has 0 aliphatic heterocycles. The summed E-state index contributed by atoms with van der Waals surface area (Å²) in [4.78, 5) is 12.3. The monoisotopic (exact) mass is 250 g/mol. The van der Waals surface area contributed by atoms with Crippen molar-refractivity contribution in [2.24, 2.45) is 5.73 Å². The topological polar surface area (TPSA) is 48.0 Å². The highest BCUT2D eigenvalue weighted by Crippen LogP contribution is 2.21. The summed E-state index contributed by atoms with van der Waals surface area (Å²) in [5.41, 5.74) is 7.49. The Labute approximate surface area is 110 Å². The fourth-order valence-corrected chi connectivity index (χ4v) is 2.18. The molecule has 1 aromatic heterocycles. The van der Waals surface area contributed by atoms with Crippen LogP contribution in [0.1, 0.15) is 58.2 Å². The predicted octanol–water partition coefficient (Wildman–Crippen LogP) is 2.79. The molecule has 1 aromatic rings. The van der Waals surface area contributed by atoms with E-state index in [4.69, 9.17) is 5.73 Å². The van der Waals surface area contributed by atoms with Crippen LogP contribution in [0.15, 0.2) is 16.9 Å². The van der Waals surface area contributed by atoms with Crippen LogP contribution in [-0.2, 0) is 18.5 Å². The molecule has 3 heteroatoms. The Morgan fingerprint density at radius 2 is 1.89 bits per heavy atom. The van der Waals surface area contributed by atoms with Crippen molar-refractivity contribution in [2.75, 3.05) is 0 Å². The first-order chi connectivity index (χ1) is 8.41. The third-order valence-electron chi connectivity index (χ3n) is 3.23. The van der Waals surface area contributed by atoms with Crippen molar-refractivity contribution in [3.8, 4) is 0 Å². The van der Waals surface area contributed by atoms with Gasteiger partial charge in [0.15, 0.2) is 0 Å². The molecule has 0 aliphatic rings. The quantitative estimate of drug-likeness (QED) is 0.817. The average molecular weight is 250 g/mol. The molecular weight excluding hydrogens is 224 g/mol. The van der Waals surface area contributed by atoms with E-state index in [-0.39, 0.29) is 11.0 Å². The van der Waals surface area contributed by atoms with Gasteiger partial charge in [0.2, 0.25) is 0 Å². The van der Waals surface area contributed by atoms with E-state index >= 15 is 0 Å². The van der Waals surface area contributed by atoms with Crippen LogP contribution < -0.4 is 11.3 Å². The summed E-state index contributed by atoms with van der Waals surface area (Å²) in [6, 6.07) is 3.93. The van der Waals surface area contributed by atoms with E-state index in [2.05, 4.69) is 33.8 Å². The first-order valence-corrected chi connectivity index (χ1v) is 6.85. The Hall–Kier alpha value is -1.09. The second-order valence-corrected chi connectivity index (χ2v) is 5.86. The van der Waals surface area contributed by atoms with Crippen molar-refractivity contribution >= 4 is 0 Å². The van der Waals surface area contributed by atoms with Gasteiger partial charge < -0.3 is 10.3 Å². The number of aromatic nitrogens is 1. The van der Waals surface area contributed by atoms with E-state index in [0.29, 0.717) is 12.1 Å². The Morgan fingerprint density at radius 1 is 1.22 bits per heavy atom. The van der Waals surface area contributed by atoms with Crippen molar-refractivity contribution in [1.82, 2.24) is 4.57 Å². The molecule has 1 rings (SSSR count). The lowest BCUT2D eigenvalue weighted by atomic mass is 9.90. The minimum atomic E-state index is -0.0154. The van der Waals surface area contributed by atoms with Gasteiger partial charge in [-0.05, 0) is 12.5 Å². The molecule has 0 saturated heterocycles. The second-order valence-electron chi connectivity index (χ2n) is 5.86. The van der Waals surface area contributed by atoms with E-state index in [1.165, 1.54) is 0 Å². The molecule has 2 N–H and O–H groups in total. The second kappa shape index (κ2) is 6.19. The lowest BCUT2D eigenvalue weighted by Gasteiger charge is -2.24. The summed E-state index contributed by atoms with van der Waals surface area (Å²) in [6.45, 7) is 9.70. The Balaban J connectivity index is 3.19. The summed E-state index contributed by atoms with van der Waals surface area (Å²) in [5.74, 6) is 0. The van der Waals surface area contributed by atoms with Crippen molar-refractivity contribution in [3.63, 3.8) is 0 Å². The van der Waals surface area contributed by atoms with Gasteiger partial charge in [-0.2, -0.15) is 0 Å². The maximum absolute atomic E-state index is 12.3. The third kappa shape index (κ3) is 3.45. The predicted molar refractivity (Wildman–Crippen MR) is 76.8 cm³/mol. The van der Waals surface area contributed by atoms with Crippen LogP contribution in [0.4, 0.5) is 0 Å². The minimum Gasteiger partial charge on any atom is -0.326 e. The van der Waals surface area contributed by atoms with Gasteiger partial charge in [-0.3, -0.25) is 4.79 Å².